The van der Waals surface area contributed by atoms with E-state index < -0.39 is 9.84 Å². The molecule has 0 saturated carbocycles. The molecule has 1 aromatic heterocycles. The lowest BCUT2D eigenvalue weighted by Crippen LogP contribution is -2.11. The minimum absolute atomic E-state index is 0.145. The largest absolute Gasteiger partial charge is 0.492 e. The third-order valence-electron chi connectivity index (χ3n) is 4.19. The van der Waals surface area contributed by atoms with Crippen molar-refractivity contribution in [2.75, 3.05) is 23.9 Å². The summed E-state index contributed by atoms with van der Waals surface area (Å²) in [6, 6.07) is 5.41. The lowest BCUT2D eigenvalue weighted by molar-refractivity contribution is 0.341. The van der Waals surface area contributed by atoms with Gasteiger partial charge in [0.15, 0.2) is 15.0 Å². The topological polar surface area (TPSA) is 74.1 Å². The summed E-state index contributed by atoms with van der Waals surface area (Å²) >= 11 is 10.9. The fourth-order valence-electron chi connectivity index (χ4n) is 2.82. The number of hydrogen-bond acceptors (Lipinski definition) is 6. The summed E-state index contributed by atoms with van der Waals surface area (Å²) in [5.74, 6) is 2.98. The molecule has 0 radical (unpaired) electrons. The monoisotopic (exact) mass is 479 g/mol. The van der Waals surface area contributed by atoms with Crippen molar-refractivity contribution in [3.05, 3.63) is 33.5 Å². The van der Waals surface area contributed by atoms with Crippen molar-refractivity contribution in [3.63, 3.8) is 0 Å². The van der Waals surface area contributed by atoms with E-state index in [-0.39, 0.29) is 17.4 Å². The second kappa shape index (κ2) is 8.50. The highest BCUT2D eigenvalue weighted by Crippen LogP contribution is 2.28. The van der Waals surface area contributed by atoms with Crippen LogP contribution in [0.5, 0.6) is 5.75 Å². The van der Waals surface area contributed by atoms with E-state index >= 15 is 0 Å². The van der Waals surface area contributed by atoms with Crippen LogP contribution >= 0.6 is 39.3 Å². The highest BCUT2D eigenvalue weighted by molar-refractivity contribution is 9.10. The summed E-state index contributed by atoms with van der Waals surface area (Å²) in [6.07, 6.45) is 1.36. The third-order valence-corrected chi connectivity index (χ3v) is 7.87. The molecule has 0 amide bonds. The summed E-state index contributed by atoms with van der Waals surface area (Å²) in [4.78, 5) is 0. The average Bonchev–Trinajstić information content (AvgIpc) is 3.09. The van der Waals surface area contributed by atoms with Gasteiger partial charge in [0.05, 0.1) is 22.6 Å². The van der Waals surface area contributed by atoms with Crippen LogP contribution in [0.15, 0.2) is 27.8 Å². The minimum atomic E-state index is -2.86. The van der Waals surface area contributed by atoms with Crippen molar-refractivity contribution in [2.45, 2.75) is 18.0 Å². The summed E-state index contributed by atoms with van der Waals surface area (Å²) in [7, 11) is -0.949. The van der Waals surface area contributed by atoms with Gasteiger partial charge in [-0.3, -0.25) is 0 Å². The Hall–Kier alpha value is -0.770. The molecule has 10 heteroatoms. The Morgan fingerprint density at radius 3 is 2.92 bits per heavy atom. The van der Waals surface area contributed by atoms with Gasteiger partial charge in [0.25, 0.3) is 0 Å². The van der Waals surface area contributed by atoms with Gasteiger partial charge in [-0.2, -0.15) is 0 Å². The van der Waals surface area contributed by atoms with Crippen molar-refractivity contribution in [1.29, 1.82) is 0 Å². The molecule has 6 nitrogen and oxygen atoms in total. The first-order chi connectivity index (χ1) is 12.3. The van der Waals surface area contributed by atoms with E-state index in [0.29, 0.717) is 24.5 Å². The van der Waals surface area contributed by atoms with E-state index in [1.165, 1.54) is 0 Å². The first-order valence-electron chi connectivity index (χ1n) is 8.13. The fourth-order valence-corrected chi connectivity index (χ4v) is 6.22. The number of rotatable bonds is 7. The highest BCUT2D eigenvalue weighted by Gasteiger charge is 2.29. The van der Waals surface area contributed by atoms with E-state index in [1.54, 1.807) is 23.9 Å². The molecule has 1 aromatic carbocycles. The van der Waals surface area contributed by atoms with Crippen LogP contribution in [0.3, 0.4) is 0 Å². The van der Waals surface area contributed by atoms with Gasteiger partial charge in [-0.1, -0.05) is 23.4 Å². The van der Waals surface area contributed by atoms with E-state index in [4.69, 9.17) is 16.3 Å². The number of hydrogen-bond donors (Lipinski definition) is 0. The molecule has 0 bridgehead atoms. The zero-order valence-corrected chi connectivity index (χ0v) is 18.2. The van der Waals surface area contributed by atoms with Gasteiger partial charge in [-0.15, -0.1) is 10.2 Å². The molecule has 1 fully saturated rings. The lowest BCUT2D eigenvalue weighted by Gasteiger charge is -2.09. The Labute approximate surface area is 170 Å². The zero-order valence-electron chi connectivity index (χ0n) is 14.2. The first kappa shape index (κ1) is 20.0. The summed E-state index contributed by atoms with van der Waals surface area (Å²) in [6.45, 7) is 0.522. The molecule has 1 saturated heterocycles. The molecule has 0 aliphatic carbocycles. The molecule has 1 atom stereocenters. The van der Waals surface area contributed by atoms with Gasteiger partial charge in [-0.25, -0.2) is 8.42 Å². The molecular weight excluding hydrogens is 462 g/mol. The Balaban J connectivity index is 1.49. The molecule has 1 unspecified atom stereocenters. The van der Waals surface area contributed by atoms with Crippen LogP contribution in [-0.2, 0) is 23.3 Å². The Bertz CT molecular complexity index is 889. The second-order valence-electron chi connectivity index (χ2n) is 6.20. The van der Waals surface area contributed by atoms with Crippen molar-refractivity contribution in [1.82, 2.24) is 14.8 Å². The number of benzene rings is 1. The normalized spacial score (nSPS) is 19.0. The molecule has 26 heavy (non-hydrogen) atoms. The Morgan fingerprint density at radius 1 is 1.42 bits per heavy atom. The van der Waals surface area contributed by atoms with Crippen LogP contribution < -0.4 is 4.74 Å². The quantitative estimate of drug-likeness (QED) is 0.447. The van der Waals surface area contributed by atoms with Crippen LogP contribution in [0.1, 0.15) is 12.2 Å². The standard InChI is InChI=1S/C16H19BrClN3O3S2/c1-21-15(8-11-4-7-26(22,23)10-11)19-20-16(21)25-6-5-24-14-3-2-12(18)9-13(14)17/h2-3,9,11H,4-8,10H2,1H3. The maximum absolute atomic E-state index is 11.6. The second-order valence-corrected chi connectivity index (χ2v) is 10.8. The molecule has 2 aromatic rings. The average molecular weight is 481 g/mol. The van der Waals surface area contributed by atoms with Crippen LogP contribution in [0.25, 0.3) is 0 Å². The van der Waals surface area contributed by atoms with Crippen LogP contribution in [0.4, 0.5) is 0 Å². The Morgan fingerprint density at radius 2 is 2.23 bits per heavy atom. The molecule has 142 valence electrons. The fraction of sp³-hybridized carbons (Fsp3) is 0.500. The first-order valence-corrected chi connectivity index (χ1v) is 12.1. The summed E-state index contributed by atoms with van der Waals surface area (Å²) < 4.78 is 31.7. The summed E-state index contributed by atoms with van der Waals surface area (Å²) in [5, 5.41) is 9.89. The maximum atomic E-state index is 11.6. The van der Waals surface area contributed by atoms with Crippen molar-refractivity contribution >= 4 is 49.1 Å². The van der Waals surface area contributed by atoms with Gasteiger partial charge < -0.3 is 9.30 Å². The molecule has 2 heterocycles. The number of halogens is 2. The van der Waals surface area contributed by atoms with Gasteiger partial charge in [0.2, 0.25) is 0 Å². The van der Waals surface area contributed by atoms with Gasteiger partial charge >= 0.3 is 0 Å². The third kappa shape index (κ3) is 5.15. The molecule has 0 spiro atoms. The zero-order chi connectivity index (χ0) is 18.7. The molecular formula is C16H19BrClN3O3S2. The SMILES string of the molecule is Cn1c(CC2CCS(=O)(=O)C2)nnc1SCCOc1ccc(Cl)cc1Br. The number of nitrogens with zero attached hydrogens (tertiary/aromatic N) is 3. The van der Waals surface area contributed by atoms with E-state index in [0.717, 1.165) is 27.0 Å². The predicted octanol–water partition coefficient (Wildman–Crippen LogP) is 3.38. The summed E-state index contributed by atoms with van der Waals surface area (Å²) in [5.41, 5.74) is 0. The lowest BCUT2D eigenvalue weighted by atomic mass is 10.1. The van der Waals surface area contributed by atoms with E-state index in [9.17, 15) is 8.42 Å². The highest BCUT2D eigenvalue weighted by atomic mass is 79.9. The number of thioether (sulfide) groups is 1. The van der Waals surface area contributed by atoms with Crippen LogP contribution in [-0.4, -0.2) is 47.0 Å². The number of aromatic nitrogens is 3. The van der Waals surface area contributed by atoms with Gasteiger partial charge in [-0.05, 0) is 46.5 Å². The number of sulfone groups is 1. The molecule has 1 aliphatic rings. The van der Waals surface area contributed by atoms with Crippen LogP contribution in [0.2, 0.25) is 5.02 Å². The molecule has 1 aliphatic heterocycles. The molecule has 3 rings (SSSR count). The van der Waals surface area contributed by atoms with Crippen molar-refractivity contribution in [2.24, 2.45) is 13.0 Å². The Kier molecular flexibility index (Phi) is 6.53. The van der Waals surface area contributed by atoms with Gasteiger partial charge in [0.1, 0.15) is 11.6 Å². The van der Waals surface area contributed by atoms with E-state index in [2.05, 4.69) is 26.1 Å². The maximum Gasteiger partial charge on any atom is 0.191 e. The van der Waals surface area contributed by atoms with Gasteiger partial charge in [0, 0.05) is 24.2 Å². The van der Waals surface area contributed by atoms with Crippen molar-refractivity contribution in [3.8, 4) is 5.75 Å². The van der Waals surface area contributed by atoms with E-state index in [1.807, 2.05) is 17.7 Å². The number of ether oxygens (including phenoxy) is 1. The minimum Gasteiger partial charge on any atom is -0.492 e. The smallest absolute Gasteiger partial charge is 0.191 e. The predicted molar refractivity (Wildman–Crippen MR) is 107 cm³/mol. The van der Waals surface area contributed by atoms with Crippen molar-refractivity contribution < 1.29 is 13.2 Å². The molecule has 0 N–H and O–H groups in total. The van der Waals surface area contributed by atoms with Crippen LogP contribution in [0, 0.1) is 5.92 Å².